The van der Waals surface area contributed by atoms with Crippen LogP contribution >= 0.6 is 11.3 Å². The van der Waals surface area contributed by atoms with Gasteiger partial charge in [-0.25, -0.2) is 28.1 Å². The van der Waals surface area contributed by atoms with Crippen molar-refractivity contribution in [1.29, 1.82) is 0 Å². The number of hydrogen-bond donors (Lipinski definition) is 0. The fourth-order valence-electron chi connectivity index (χ4n) is 2.30. The van der Waals surface area contributed by atoms with E-state index in [1.54, 1.807) is 0 Å². The Morgan fingerprint density at radius 1 is 1.24 bits per heavy atom. The molecule has 2 aromatic heterocycles. The number of imidazole rings is 1. The van der Waals surface area contributed by atoms with Crippen molar-refractivity contribution in [3.63, 3.8) is 0 Å². The zero-order valence-electron chi connectivity index (χ0n) is 13.4. The van der Waals surface area contributed by atoms with Crippen LogP contribution < -0.4 is 0 Å². The zero-order chi connectivity index (χ0) is 17.8. The number of thiazole rings is 1. The van der Waals surface area contributed by atoms with Crippen molar-refractivity contribution in [2.24, 2.45) is 0 Å². The van der Waals surface area contributed by atoms with Gasteiger partial charge in [0.15, 0.2) is 11.6 Å². The average molecular weight is 363 g/mol. The van der Waals surface area contributed by atoms with Crippen molar-refractivity contribution in [2.75, 3.05) is 0 Å². The second kappa shape index (κ2) is 7.52. The lowest BCUT2D eigenvalue weighted by Gasteiger charge is -2.09. The summed E-state index contributed by atoms with van der Waals surface area (Å²) >= 11 is 1.52. The second-order valence-corrected chi connectivity index (χ2v) is 6.46. The molecule has 0 bridgehead atoms. The van der Waals surface area contributed by atoms with Crippen LogP contribution in [0, 0.1) is 18.6 Å². The van der Waals surface area contributed by atoms with E-state index in [9.17, 15) is 13.6 Å². The van der Waals surface area contributed by atoms with E-state index in [1.165, 1.54) is 42.2 Å². The number of benzene rings is 1. The number of nitrogens with zero attached hydrogens (tertiary/aromatic N) is 3. The molecule has 2 heterocycles. The number of halogens is 2. The number of aryl methyl sites for hydroxylation is 3. The number of hydrogen-bond acceptors (Lipinski definition) is 5. The normalized spacial score (nSPS) is 10.8. The number of ether oxygens (including phenoxy) is 1. The van der Waals surface area contributed by atoms with Crippen molar-refractivity contribution in [2.45, 2.75) is 26.4 Å². The fourth-order valence-corrected chi connectivity index (χ4v) is 2.95. The molecule has 0 amide bonds. The molecule has 0 atom stereocenters. The van der Waals surface area contributed by atoms with Gasteiger partial charge in [-0.2, -0.15) is 0 Å². The first-order chi connectivity index (χ1) is 12.0. The lowest BCUT2D eigenvalue weighted by molar-refractivity contribution is 0.139. The Morgan fingerprint density at radius 2 is 2.00 bits per heavy atom. The topological polar surface area (TPSA) is 57.0 Å². The zero-order valence-corrected chi connectivity index (χ0v) is 14.2. The molecular weight excluding hydrogens is 348 g/mol. The summed E-state index contributed by atoms with van der Waals surface area (Å²) in [4.78, 5) is 19.7. The highest BCUT2D eigenvalue weighted by Gasteiger charge is 2.15. The van der Waals surface area contributed by atoms with Gasteiger partial charge in [-0.3, -0.25) is 0 Å². The van der Waals surface area contributed by atoms with Crippen LogP contribution in [0.3, 0.4) is 0 Å². The van der Waals surface area contributed by atoms with Gasteiger partial charge in [-0.15, -0.1) is 11.3 Å². The van der Waals surface area contributed by atoms with Crippen molar-refractivity contribution < 1.29 is 18.3 Å². The first kappa shape index (κ1) is 17.2. The molecule has 0 radical (unpaired) electrons. The monoisotopic (exact) mass is 363 g/mol. The van der Waals surface area contributed by atoms with E-state index in [0.29, 0.717) is 12.8 Å². The van der Waals surface area contributed by atoms with Gasteiger partial charge in [0.25, 0.3) is 0 Å². The summed E-state index contributed by atoms with van der Waals surface area (Å²) in [6.45, 7) is 1.54. The van der Waals surface area contributed by atoms with Gasteiger partial charge in [-0.1, -0.05) is 12.1 Å². The van der Waals surface area contributed by atoms with Gasteiger partial charge in [0, 0.05) is 23.3 Å². The van der Waals surface area contributed by atoms with E-state index in [-0.39, 0.29) is 17.7 Å². The molecule has 0 aliphatic heterocycles. The van der Waals surface area contributed by atoms with Crippen molar-refractivity contribution in [3.8, 4) is 0 Å². The highest BCUT2D eigenvalue weighted by molar-refractivity contribution is 7.09. The molecule has 3 rings (SSSR count). The maximum Gasteiger partial charge on any atom is 0.419 e. The molecular formula is C17H15F2N3O2S. The van der Waals surface area contributed by atoms with E-state index >= 15 is 0 Å². The van der Waals surface area contributed by atoms with E-state index < -0.39 is 17.7 Å². The van der Waals surface area contributed by atoms with E-state index in [1.807, 2.05) is 12.3 Å². The minimum atomic E-state index is -0.995. The van der Waals surface area contributed by atoms with Gasteiger partial charge in [0.2, 0.25) is 0 Å². The molecule has 0 fully saturated rings. The molecule has 0 aliphatic rings. The Morgan fingerprint density at radius 3 is 2.68 bits per heavy atom. The van der Waals surface area contributed by atoms with E-state index in [0.717, 1.165) is 15.3 Å². The third-order valence-electron chi connectivity index (χ3n) is 3.63. The van der Waals surface area contributed by atoms with Gasteiger partial charge in [-0.05, 0) is 25.3 Å². The Hall–Kier alpha value is -2.61. The highest BCUT2D eigenvalue weighted by Crippen LogP contribution is 2.20. The van der Waals surface area contributed by atoms with Gasteiger partial charge in [0.05, 0.1) is 10.7 Å². The summed E-state index contributed by atoms with van der Waals surface area (Å²) in [5.74, 6) is -1.91. The molecule has 0 saturated heterocycles. The van der Waals surface area contributed by atoms with Crippen LogP contribution in [0.15, 0.2) is 36.2 Å². The Balaban J connectivity index is 1.64. The van der Waals surface area contributed by atoms with Crippen LogP contribution in [0.25, 0.3) is 0 Å². The first-order valence-electron chi connectivity index (χ1n) is 7.56. The molecule has 0 saturated carbocycles. The average Bonchev–Trinajstić information content (AvgIpc) is 3.27. The number of rotatable bonds is 5. The third kappa shape index (κ3) is 4.08. The number of carbonyl (C=O) groups is 1. The molecule has 0 aliphatic carbocycles. The minimum Gasteiger partial charge on any atom is -0.444 e. The lowest BCUT2D eigenvalue weighted by Crippen LogP contribution is -2.12. The van der Waals surface area contributed by atoms with Crippen LogP contribution in [0.4, 0.5) is 13.6 Å². The third-order valence-corrected chi connectivity index (χ3v) is 4.45. The number of aromatic nitrogens is 3. The van der Waals surface area contributed by atoms with Gasteiger partial charge < -0.3 is 4.74 Å². The quantitative estimate of drug-likeness (QED) is 0.690. The van der Waals surface area contributed by atoms with Crippen LogP contribution in [-0.4, -0.2) is 20.6 Å². The largest absolute Gasteiger partial charge is 0.444 e. The van der Waals surface area contributed by atoms with Crippen LogP contribution in [0.1, 0.15) is 21.8 Å². The van der Waals surface area contributed by atoms with Crippen molar-refractivity contribution >= 4 is 17.4 Å². The molecule has 1 aromatic carbocycles. The van der Waals surface area contributed by atoms with E-state index in [4.69, 9.17) is 4.74 Å². The Labute approximate surface area is 146 Å². The molecule has 8 heteroatoms. The molecule has 0 unspecified atom stereocenters. The minimum absolute atomic E-state index is 0.0146. The van der Waals surface area contributed by atoms with Crippen molar-refractivity contribution in [1.82, 2.24) is 14.5 Å². The summed E-state index contributed by atoms with van der Waals surface area (Å²) in [7, 11) is 0. The van der Waals surface area contributed by atoms with Crippen LogP contribution in [-0.2, 0) is 24.2 Å². The maximum atomic E-state index is 14.2. The molecule has 25 heavy (non-hydrogen) atoms. The Kier molecular flexibility index (Phi) is 5.18. The van der Waals surface area contributed by atoms with E-state index in [2.05, 4.69) is 9.97 Å². The molecule has 3 aromatic rings. The highest BCUT2D eigenvalue weighted by atomic mass is 32.1. The van der Waals surface area contributed by atoms with Gasteiger partial charge >= 0.3 is 6.09 Å². The van der Waals surface area contributed by atoms with Crippen LogP contribution in [0.2, 0.25) is 0 Å². The lowest BCUT2D eigenvalue weighted by atomic mass is 10.0. The Bertz CT molecular complexity index is 878. The predicted molar refractivity (Wildman–Crippen MR) is 88.4 cm³/mol. The predicted octanol–water partition coefficient (Wildman–Crippen LogP) is 3.90. The fraction of sp³-hybridized carbons (Fsp3) is 0.235. The number of carbonyl (C=O) groups excluding carboxylic acids is 1. The summed E-state index contributed by atoms with van der Waals surface area (Å²) in [5.41, 5.74) is 1.12. The standard InChI is InChI=1S/C17H15F2N3O2S/c1-11-21-14(9-25-11)5-4-12-2-3-13(16(19)15(12)18)8-24-17(23)22-7-6-20-10-22/h2-3,6-7,9-10H,4-5,8H2,1H3. The molecule has 5 nitrogen and oxygen atoms in total. The second-order valence-electron chi connectivity index (χ2n) is 5.39. The smallest absolute Gasteiger partial charge is 0.419 e. The summed E-state index contributed by atoms with van der Waals surface area (Å²) in [6, 6.07) is 2.94. The summed E-state index contributed by atoms with van der Waals surface area (Å²) < 4.78 is 34.5. The van der Waals surface area contributed by atoms with Gasteiger partial charge in [0.1, 0.15) is 12.9 Å². The van der Waals surface area contributed by atoms with Crippen LogP contribution in [0.5, 0.6) is 0 Å². The SMILES string of the molecule is Cc1nc(CCc2ccc(COC(=O)n3ccnc3)c(F)c2F)cs1. The molecule has 130 valence electrons. The van der Waals surface area contributed by atoms with Crippen molar-refractivity contribution in [3.05, 3.63) is 69.7 Å². The summed E-state index contributed by atoms with van der Waals surface area (Å²) in [6.07, 6.45) is 4.27. The summed E-state index contributed by atoms with van der Waals surface area (Å²) in [5, 5.41) is 2.85. The molecule has 0 spiro atoms. The first-order valence-corrected chi connectivity index (χ1v) is 8.44. The molecule has 0 N–H and O–H groups in total. The maximum absolute atomic E-state index is 14.2.